The number of likely N-dealkylation sites (N-methyl/N-ethyl adjacent to an activating group) is 1. The number of carbonyl (C=O) groups is 1. The van der Waals surface area contributed by atoms with Crippen molar-refractivity contribution in [2.45, 2.75) is 19.6 Å². The summed E-state index contributed by atoms with van der Waals surface area (Å²) in [4.78, 5) is 15.5. The number of anilines is 1. The molecule has 0 saturated heterocycles. The molecule has 0 aliphatic heterocycles. The number of ether oxygens (including phenoxy) is 2. The largest absolute Gasteiger partial charge is 0.489 e. The van der Waals surface area contributed by atoms with Gasteiger partial charge < -0.3 is 14.8 Å². The first-order valence-corrected chi connectivity index (χ1v) is 10.4. The maximum absolute atomic E-state index is 13.1. The Hall–Kier alpha value is -1.62. The average Bonchev–Trinajstić information content (AvgIpc) is 3.06. The number of amides is 1. The molecule has 0 aliphatic rings. The normalized spacial score (nSPS) is 11.7. The Morgan fingerprint density at radius 3 is 2.59 bits per heavy atom. The molecule has 1 amide bonds. The smallest absolute Gasteiger partial charge is 0.416 e. The molecule has 0 atom stereocenters. The molecule has 0 radical (unpaired) electrons. The highest BCUT2D eigenvalue weighted by molar-refractivity contribution is 9.11. The van der Waals surface area contributed by atoms with Crippen molar-refractivity contribution >= 4 is 38.9 Å². The van der Waals surface area contributed by atoms with Gasteiger partial charge in [-0.15, -0.1) is 11.3 Å². The number of rotatable bonds is 10. The van der Waals surface area contributed by atoms with Crippen LogP contribution in [-0.4, -0.2) is 44.2 Å². The highest BCUT2D eigenvalue weighted by Gasteiger charge is 2.31. The lowest BCUT2D eigenvalue weighted by Crippen LogP contribution is -2.32. The topological polar surface area (TPSA) is 50.8 Å². The molecule has 2 rings (SSSR count). The Morgan fingerprint density at radius 1 is 1.24 bits per heavy atom. The van der Waals surface area contributed by atoms with Crippen LogP contribution in [0.2, 0.25) is 0 Å². The summed E-state index contributed by atoms with van der Waals surface area (Å²) < 4.78 is 50.5. The van der Waals surface area contributed by atoms with Gasteiger partial charge >= 0.3 is 6.18 Å². The first-order chi connectivity index (χ1) is 13.7. The Bertz CT molecular complexity index is 814. The zero-order chi connectivity index (χ0) is 21.4. The molecular formula is C19H22BrF3N2O3S. The van der Waals surface area contributed by atoms with Crippen LogP contribution in [0.1, 0.15) is 17.4 Å². The zero-order valence-electron chi connectivity index (χ0n) is 16.0. The van der Waals surface area contributed by atoms with E-state index < -0.39 is 17.6 Å². The van der Waals surface area contributed by atoms with Crippen LogP contribution in [0.25, 0.3) is 0 Å². The molecule has 0 fully saturated rings. The second-order valence-corrected chi connectivity index (χ2v) is 8.65. The van der Waals surface area contributed by atoms with Crippen LogP contribution in [0.5, 0.6) is 5.75 Å². The number of benzene rings is 1. The van der Waals surface area contributed by atoms with Gasteiger partial charge in [-0.2, -0.15) is 13.2 Å². The number of methoxy groups -OCH3 is 1. The van der Waals surface area contributed by atoms with Crippen LogP contribution in [0.4, 0.5) is 18.9 Å². The molecular weight excluding hydrogens is 473 g/mol. The van der Waals surface area contributed by atoms with Crippen LogP contribution in [0, 0.1) is 0 Å². The summed E-state index contributed by atoms with van der Waals surface area (Å²) in [5, 5.41) is 2.55. The molecule has 29 heavy (non-hydrogen) atoms. The van der Waals surface area contributed by atoms with Gasteiger partial charge in [0.05, 0.1) is 28.2 Å². The van der Waals surface area contributed by atoms with Crippen LogP contribution in [0.15, 0.2) is 34.1 Å². The number of hydrogen-bond acceptors (Lipinski definition) is 5. The highest BCUT2D eigenvalue weighted by Crippen LogP contribution is 2.35. The van der Waals surface area contributed by atoms with Crippen molar-refractivity contribution in [2.24, 2.45) is 0 Å². The number of halogens is 4. The second kappa shape index (κ2) is 11.0. The lowest BCUT2D eigenvalue weighted by Gasteiger charge is -2.20. The number of carbonyl (C=O) groups excluding carboxylic acids is 1. The van der Waals surface area contributed by atoms with Crippen LogP contribution >= 0.6 is 27.3 Å². The van der Waals surface area contributed by atoms with Gasteiger partial charge in [0.1, 0.15) is 12.4 Å². The maximum atomic E-state index is 13.1. The molecule has 10 heteroatoms. The number of hydrogen-bond donors (Lipinski definition) is 1. The Morgan fingerprint density at radius 2 is 2.00 bits per heavy atom. The van der Waals surface area contributed by atoms with E-state index in [2.05, 4.69) is 21.2 Å². The summed E-state index contributed by atoms with van der Waals surface area (Å²) in [5.74, 6) is -0.257. The van der Waals surface area contributed by atoms with Gasteiger partial charge in [0.2, 0.25) is 5.91 Å². The number of nitrogens with one attached hydrogen (secondary N) is 1. The summed E-state index contributed by atoms with van der Waals surface area (Å²) in [6, 6.07) is 6.90. The van der Waals surface area contributed by atoms with E-state index in [0.717, 1.165) is 20.8 Å². The maximum Gasteiger partial charge on any atom is 0.416 e. The van der Waals surface area contributed by atoms with Gasteiger partial charge in [0, 0.05) is 18.5 Å². The minimum absolute atomic E-state index is 0.0177. The van der Waals surface area contributed by atoms with Gasteiger partial charge in [-0.25, -0.2) is 0 Å². The minimum Gasteiger partial charge on any atom is -0.489 e. The monoisotopic (exact) mass is 494 g/mol. The highest BCUT2D eigenvalue weighted by atomic mass is 79.9. The van der Waals surface area contributed by atoms with E-state index in [1.807, 2.05) is 24.0 Å². The molecule has 1 N–H and O–H groups in total. The third-order valence-corrected chi connectivity index (χ3v) is 5.56. The molecule has 0 bridgehead atoms. The molecule has 1 heterocycles. The minimum atomic E-state index is -4.52. The third-order valence-electron chi connectivity index (χ3n) is 3.95. The fourth-order valence-corrected chi connectivity index (χ4v) is 4.02. The number of nitrogens with zero attached hydrogens (tertiary/aromatic N) is 1. The van der Waals surface area contributed by atoms with E-state index in [0.29, 0.717) is 13.1 Å². The molecule has 2 aromatic rings. The average molecular weight is 495 g/mol. The van der Waals surface area contributed by atoms with Crippen molar-refractivity contribution in [1.82, 2.24) is 4.90 Å². The van der Waals surface area contributed by atoms with Crippen LogP contribution < -0.4 is 10.1 Å². The SMILES string of the molecule is CCN(CC(=O)Nc1cc(C(F)(F)F)ccc1OCCOC)Cc1ccc(Br)s1. The Kier molecular flexibility index (Phi) is 8.94. The zero-order valence-corrected chi connectivity index (χ0v) is 18.4. The van der Waals surface area contributed by atoms with Gasteiger partial charge in [-0.05, 0) is 52.8 Å². The van der Waals surface area contributed by atoms with Crippen molar-refractivity contribution < 1.29 is 27.4 Å². The van der Waals surface area contributed by atoms with Crippen molar-refractivity contribution in [3.63, 3.8) is 0 Å². The number of thiophene rings is 1. The fraction of sp³-hybridized carbons (Fsp3) is 0.421. The summed E-state index contributed by atoms with van der Waals surface area (Å²) >= 11 is 4.97. The molecule has 160 valence electrons. The van der Waals surface area contributed by atoms with E-state index in [4.69, 9.17) is 9.47 Å². The van der Waals surface area contributed by atoms with E-state index in [9.17, 15) is 18.0 Å². The van der Waals surface area contributed by atoms with Crippen LogP contribution in [-0.2, 0) is 22.3 Å². The molecule has 0 aliphatic carbocycles. The quantitative estimate of drug-likeness (QED) is 0.471. The van der Waals surface area contributed by atoms with Crippen molar-refractivity contribution in [2.75, 3.05) is 38.7 Å². The standard InChI is InChI=1S/C19H22BrF3N2O3S/c1-3-25(11-14-5-7-17(20)29-14)12-18(26)24-15-10-13(19(21,22)23)4-6-16(15)28-9-8-27-2/h4-7,10H,3,8-9,11-12H2,1-2H3,(H,24,26). The summed E-state index contributed by atoms with van der Waals surface area (Å²) in [7, 11) is 1.49. The van der Waals surface area contributed by atoms with Gasteiger partial charge in [0.25, 0.3) is 0 Å². The van der Waals surface area contributed by atoms with Crippen molar-refractivity contribution in [3.8, 4) is 5.75 Å². The first kappa shape index (κ1) is 23.7. The Labute approximate surface area is 179 Å². The molecule has 1 aromatic heterocycles. The van der Waals surface area contributed by atoms with Crippen LogP contribution in [0.3, 0.4) is 0 Å². The summed E-state index contributed by atoms with van der Waals surface area (Å²) in [6.07, 6.45) is -4.52. The summed E-state index contributed by atoms with van der Waals surface area (Å²) in [6.45, 7) is 3.56. The molecule has 0 unspecified atom stereocenters. The molecule has 0 spiro atoms. The third kappa shape index (κ3) is 7.61. The predicted molar refractivity (Wildman–Crippen MR) is 110 cm³/mol. The van der Waals surface area contributed by atoms with E-state index in [-0.39, 0.29) is 31.2 Å². The van der Waals surface area contributed by atoms with Crippen molar-refractivity contribution in [3.05, 3.63) is 44.6 Å². The first-order valence-electron chi connectivity index (χ1n) is 8.82. The lowest BCUT2D eigenvalue weighted by atomic mass is 10.1. The predicted octanol–water partition coefficient (Wildman–Crippen LogP) is 5.02. The van der Waals surface area contributed by atoms with E-state index in [1.165, 1.54) is 13.2 Å². The second-order valence-electron chi connectivity index (χ2n) is 6.11. The molecule has 1 aromatic carbocycles. The van der Waals surface area contributed by atoms with Crippen molar-refractivity contribution in [1.29, 1.82) is 0 Å². The number of alkyl halides is 3. The van der Waals surface area contributed by atoms with Gasteiger partial charge in [0.15, 0.2) is 0 Å². The van der Waals surface area contributed by atoms with Gasteiger partial charge in [-0.3, -0.25) is 9.69 Å². The van der Waals surface area contributed by atoms with E-state index in [1.54, 1.807) is 11.3 Å². The molecule has 0 saturated carbocycles. The summed E-state index contributed by atoms with van der Waals surface area (Å²) in [5.41, 5.74) is -0.876. The van der Waals surface area contributed by atoms with E-state index >= 15 is 0 Å². The lowest BCUT2D eigenvalue weighted by molar-refractivity contribution is -0.137. The molecule has 5 nitrogen and oxygen atoms in total. The fourth-order valence-electron chi connectivity index (χ4n) is 2.49. The van der Waals surface area contributed by atoms with Gasteiger partial charge in [-0.1, -0.05) is 6.92 Å². The Balaban J connectivity index is 2.10.